The van der Waals surface area contributed by atoms with Crippen LogP contribution in [0.1, 0.15) is 20.4 Å². The second-order valence-electron chi connectivity index (χ2n) is 4.21. The Morgan fingerprint density at radius 2 is 2.20 bits per heavy atom. The molecule has 0 aliphatic rings. The molecule has 2 amide bonds. The molecule has 0 unspecified atom stereocenters. The number of rotatable bonds is 5. The Morgan fingerprint density at radius 1 is 1.40 bits per heavy atom. The van der Waals surface area contributed by atoms with Gasteiger partial charge in [-0.1, -0.05) is 6.07 Å². The van der Waals surface area contributed by atoms with Gasteiger partial charge in [-0.15, -0.1) is 22.7 Å². The quantitative estimate of drug-likeness (QED) is 0.915. The third-order valence-electron chi connectivity index (χ3n) is 2.72. The molecule has 2 aromatic rings. The molecule has 0 aliphatic carbocycles. The van der Waals surface area contributed by atoms with E-state index in [9.17, 15) is 9.59 Å². The van der Waals surface area contributed by atoms with E-state index >= 15 is 0 Å². The van der Waals surface area contributed by atoms with Gasteiger partial charge in [-0.3, -0.25) is 9.59 Å². The van der Waals surface area contributed by atoms with Crippen molar-refractivity contribution in [2.24, 2.45) is 0 Å². The summed E-state index contributed by atoms with van der Waals surface area (Å²) < 4.78 is 0. The maximum Gasteiger partial charge on any atom is 0.270 e. The zero-order valence-electron chi connectivity index (χ0n) is 11.3. The Kier molecular flexibility index (Phi) is 4.86. The van der Waals surface area contributed by atoms with Crippen molar-refractivity contribution in [1.29, 1.82) is 0 Å². The number of aromatic nitrogens is 1. The van der Waals surface area contributed by atoms with Gasteiger partial charge in [0.15, 0.2) is 0 Å². The van der Waals surface area contributed by atoms with Crippen LogP contribution in [0.4, 0.5) is 0 Å². The average Bonchev–Trinajstić information content (AvgIpc) is 3.09. The number of nitrogens with zero attached hydrogens (tertiary/aromatic N) is 2. The van der Waals surface area contributed by atoms with Crippen LogP contribution in [-0.4, -0.2) is 35.8 Å². The van der Waals surface area contributed by atoms with Gasteiger partial charge in [-0.05, 0) is 11.4 Å². The van der Waals surface area contributed by atoms with Gasteiger partial charge in [0.25, 0.3) is 5.91 Å². The van der Waals surface area contributed by atoms with Crippen LogP contribution in [0.15, 0.2) is 22.9 Å². The van der Waals surface area contributed by atoms with E-state index in [2.05, 4.69) is 10.3 Å². The summed E-state index contributed by atoms with van der Waals surface area (Å²) in [5.74, 6) is -0.163. The van der Waals surface area contributed by atoms with Crippen molar-refractivity contribution in [3.05, 3.63) is 38.5 Å². The van der Waals surface area contributed by atoms with Crippen molar-refractivity contribution in [3.63, 3.8) is 0 Å². The van der Waals surface area contributed by atoms with Crippen LogP contribution in [0.2, 0.25) is 0 Å². The number of nitrogens with one attached hydrogen (secondary N) is 1. The topological polar surface area (TPSA) is 62.3 Å². The van der Waals surface area contributed by atoms with Gasteiger partial charge >= 0.3 is 0 Å². The molecule has 2 aromatic heterocycles. The minimum absolute atomic E-state index is 0.0455. The maximum absolute atomic E-state index is 12.0. The summed E-state index contributed by atoms with van der Waals surface area (Å²) in [6.07, 6.45) is 0.405. The molecule has 0 saturated heterocycles. The highest BCUT2D eigenvalue weighted by Crippen LogP contribution is 2.14. The average molecular weight is 309 g/mol. The van der Waals surface area contributed by atoms with Gasteiger partial charge < -0.3 is 10.2 Å². The summed E-state index contributed by atoms with van der Waals surface area (Å²) in [7, 11) is 3.31. The summed E-state index contributed by atoms with van der Waals surface area (Å²) in [6.45, 7) is 0.422. The lowest BCUT2D eigenvalue weighted by molar-refractivity contribution is -0.129. The van der Waals surface area contributed by atoms with Crippen LogP contribution in [0, 0.1) is 0 Å². The second-order valence-corrected chi connectivity index (χ2v) is 6.19. The van der Waals surface area contributed by atoms with E-state index in [0.717, 1.165) is 9.88 Å². The van der Waals surface area contributed by atoms with Crippen LogP contribution in [0.5, 0.6) is 0 Å². The van der Waals surface area contributed by atoms with E-state index in [0.29, 0.717) is 18.7 Å². The largest absolute Gasteiger partial charge is 0.354 e. The van der Waals surface area contributed by atoms with E-state index in [-0.39, 0.29) is 11.8 Å². The fourth-order valence-electron chi connectivity index (χ4n) is 1.60. The minimum atomic E-state index is -0.208. The van der Waals surface area contributed by atoms with Gasteiger partial charge in [0, 0.05) is 24.4 Å². The number of thiazole rings is 1. The van der Waals surface area contributed by atoms with Crippen molar-refractivity contribution in [2.45, 2.75) is 13.0 Å². The van der Waals surface area contributed by atoms with Crippen molar-refractivity contribution in [2.75, 3.05) is 14.1 Å². The third-order valence-corrected chi connectivity index (χ3v) is 4.43. The Hall–Kier alpha value is -1.73. The second kappa shape index (κ2) is 6.62. The van der Waals surface area contributed by atoms with Crippen LogP contribution in [-0.2, 0) is 17.8 Å². The smallest absolute Gasteiger partial charge is 0.270 e. The highest BCUT2D eigenvalue weighted by atomic mass is 32.1. The minimum Gasteiger partial charge on any atom is -0.354 e. The Morgan fingerprint density at radius 3 is 2.85 bits per heavy atom. The van der Waals surface area contributed by atoms with Crippen LogP contribution in [0.3, 0.4) is 0 Å². The molecule has 7 heteroatoms. The normalized spacial score (nSPS) is 10.3. The molecule has 0 saturated carbocycles. The molecule has 0 bridgehead atoms. The molecule has 0 atom stereocenters. The standard InChI is InChI=1S/C13H15N3O2S2/c1-14-13(18)10-8-20-11(15-10)7-16(2)12(17)6-9-4-3-5-19-9/h3-5,8H,6-7H2,1-2H3,(H,14,18). The predicted molar refractivity (Wildman–Crippen MR) is 80.0 cm³/mol. The van der Waals surface area contributed by atoms with Gasteiger partial charge in [0.2, 0.25) is 5.91 Å². The summed E-state index contributed by atoms with van der Waals surface area (Å²) in [5, 5.41) is 6.94. The summed E-state index contributed by atoms with van der Waals surface area (Å²) in [4.78, 5) is 30.3. The molecule has 0 radical (unpaired) electrons. The van der Waals surface area contributed by atoms with Gasteiger partial charge in [-0.25, -0.2) is 4.98 Å². The highest BCUT2D eigenvalue weighted by molar-refractivity contribution is 7.10. The Balaban J connectivity index is 1.93. The Labute approximate surface area is 125 Å². The van der Waals surface area contributed by atoms with E-state index in [1.54, 1.807) is 35.7 Å². The van der Waals surface area contributed by atoms with Crippen molar-refractivity contribution in [1.82, 2.24) is 15.2 Å². The van der Waals surface area contributed by atoms with Gasteiger partial charge in [-0.2, -0.15) is 0 Å². The summed E-state index contributed by atoms with van der Waals surface area (Å²) in [5.41, 5.74) is 0.395. The number of carbonyl (C=O) groups is 2. The third kappa shape index (κ3) is 3.64. The molecule has 5 nitrogen and oxygen atoms in total. The lowest BCUT2D eigenvalue weighted by Gasteiger charge is -2.14. The molecular formula is C13H15N3O2S2. The van der Waals surface area contributed by atoms with Crippen molar-refractivity contribution >= 4 is 34.5 Å². The van der Waals surface area contributed by atoms with Crippen molar-refractivity contribution in [3.8, 4) is 0 Å². The Bertz CT molecular complexity index is 593. The number of likely N-dealkylation sites (N-methyl/N-ethyl adjacent to an activating group) is 1. The van der Waals surface area contributed by atoms with Crippen molar-refractivity contribution < 1.29 is 9.59 Å². The first-order valence-electron chi connectivity index (χ1n) is 6.03. The molecule has 2 rings (SSSR count). The molecule has 106 valence electrons. The fourth-order valence-corrected chi connectivity index (χ4v) is 3.13. The first kappa shape index (κ1) is 14.7. The lowest BCUT2D eigenvalue weighted by Crippen LogP contribution is -2.27. The molecule has 0 fully saturated rings. The molecule has 0 aliphatic heterocycles. The van der Waals surface area contributed by atoms with Crippen LogP contribution in [0.25, 0.3) is 0 Å². The molecule has 2 heterocycles. The predicted octanol–water partition coefficient (Wildman–Crippen LogP) is 1.77. The first-order chi connectivity index (χ1) is 9.60. The van der Waals surface area contributed by atoms with Crippen LogP contribution < -0.4 is 5.32 Å². The molecule has 1 N–H and O–H groups in total. The molecule has 0 aromatic carbocycles. The van der Waals surface area contributed by atoms with E-state index in [4.69, 9.17) is 0 Å². The van der Waals surface area contributed by atoms with Gasteiger partial charge in [0.1, 0.15) is 10.7 Å². The zero-order chi connectivity index (χ0) is 14.5. The number of hydrogen-bond acceptors (Lipinski definition) is 5. The lowest BCUT2D eigenvalue weighted by atomic mass is 10.3. The number of carbonyl (C=O) groups excluding carboxylic acids is 2. The number of amides is 2. The summed E-state index contributed by atoms with van der Waals surface area (Å²) >= 11 is 2.96. The van der Waals surface area contributed by atoms with Crippen LogP contribution >= 0.6 is 22.7 Å². The molecular weight excluding hydrogens is 294 g/mol. The summed E-state index contributed by atoms with van der Waals surface area (Å²) in [6, 6.07) is 3.88. The van der Waals surface area contributed by atoms with E-state index < -0.39 is 0 Å². The number of hydrogen-bond donors (Lipinski definition) is 1. The monoisotopic (exact) mass is 309 g/mol. The first-order valence-corrected chi connectivity index (χ1v) is 7.79. The van der Waals surface area contributed by atoms with E-state index in [1.165, 1.54) is 11.3 Å². The highest BCUT2D eigenvalue weighted by Gasteiger charge is 2.14. The fraction of sp³-hybridized carbons (Fsp3) is 0.308. The SMILES string of the molecule is CNC(=O)c1csc(CN(C)C(=O)Cc2cccs2)n1. The zero-order valence-corrected chi connectivity index (χ0v) is 12.9. The van der Waals surface area contributed by atoms with Gasteiger partial charge in [0.05, 0.1) is 13.0 Å². The van der Waals surface area contributed by atoms with E-state index in [1.807, 2.05) is 17.5 Å². The maximum atomic E-state index is 12.0. The molecule has 0 spiro atoms. The number of thiophene rings is 1. The molecule has 20 heavy (non-hydrogen) atoms.